The van der Waals surface area contributed by atoms with Crippen LogP contribution in [0.1, 0.15) is 26.3 Å². The van der Waals surface area contributed by atoms with Crippen molar-refractivity contribution in [3.8, 4) is 28.7 Å². The summed E-state index contributed by atoms with van der Waals surface area (Å²) in [6, 6.07) is 31.7. The number of anilines is 2. The SMILES string of the molecule is Cc1cc(N=Nc2c(S(=O)(=O)O)cc3ccc(N=Nc4c(Nc5ccccc5)ccc5c(O)c(N=Nc6ccc7cc(SOOO)c(N=Nc8cc(C(=O)O)ccc8C(=O)O)c(O)c7c6)c(SOOO)cc45)cc3c2O)c(OCC(=O)O)cc1N=Nc1cc(S(=O)(=O)O)cc2cc(S(=O)(=O)O)cc(O)c12. The third kappa shape index (κ3) is 16.5. The number of aromatic carboxylic acids is 2. The molecule has 0 saturated carbocycles. The van der Waals surface area contributed by atoms with E-state index in [1.165, 1.54) is 73.7 Å². The molecule has 0 saturated heterocycles. The molecule has 0 bridgehead atoms. The number of carboxylic acid groups (broad SMARTS) is 3. The second-order valence-electron chi connectivity index (χ2n) is 21.6. The van der Waals surface area contributed by atoms with E-state index in [0.29, 0.717) is 35.8 Å². The molecule has 11 rings (SSSR count). The monoisotopic (exact) mass is 1530 g/mol. The number of phenolic OH excluding ortho intramolecular Hbond substituents is 4. The van der Waals surface area contributed by atoms with E-state index in [4.69, 9.17) is 14.3 Å². The van der Waals surface area contributed by atoms with Crippen molar-refractivity contribution in [1.29, 1.82) is 0 Å². The van der Waals surface area contributed by atoms with Crippen molar-refractivity contribution >= 4 is 184 Å². The quantitative estimate of drug-likeness (QED) is 0.00787. The lowest BCUT2D eigenvalue weighted by Gasteiger charge is -2.15. The number of phenols is 4. The summed E-state index contributed by atoms with van der Waals surface area (Å²) in [4.78, 5) is 32.7. The maximum absolute atomic E-state index is 13.0. The molecule has 0 aliphatic carbocycles. The van der Waals surface area contributed by atoms with Gasteiger partial charge < -0.3 is 45.8 Å². The Labute approximate surface area is 595 Å². The van der Waals surface area contributed by atoms with Crippen LogP contribution in [0.3, 0.4) is 0 Å². The third-order valence-electron chi connectivity index (χ3n) is 14.9. The summed E-state index contributed by atoms with van der Waals surface area (Å²) >= 11 is 0.697. The standard InChI is InChI=1S/C63H43N11O26S5/c1-28-15-46(49(96-27-53(76)77)26-44(28)67-70-47-23-36(103(87,88)89)16-32-17-37(104(90,91)92)24-48(75)54(32)47)69-74-58-52(105(93,94)95)20-30-8-11-34(22-41(30)61(58)80)65-71-55-42-25-51(102-100-98-86)57(59(78)38(42)13-14-43(55)64-33-5-3-2-4-6-33)72-66-35-10-7-29-19-50(101-99-97-85)56(60(79)40(29)21-35)73-68-45-18-31(62(81)82)9-12-39(45)63(83)84/h2-26,64,75,78-80,85-86H,27H2,1H3,(H,76,77)(H,81,82)(H,83,84)(H,87,88,89)(H,90,91,92)(H,93,94,95). The molecule has 13 N–H and O–H groups in total. The molecule has 0 radical (unpaired) electrons. The van der Waals surface area contributed by atoms with E-state index in [1.807, 2.05) is 0 Å². The molecular formula is C63H43N11O26S5. The largest absolute Gasteiger partial charge is 0.507 e. The number of benzene rings is 11. The van der Waals surface area contributed by atoms with Crippen LogP contribution in [-0.4, -0.2) is 110 Å². The summed E-state index contributed by atoms with van der Waals surface area (Å²) in [6.07, 6.45) is 0. The van der Waals surface area contributed by atoms with Crippen molar-refractivity contribution in [2.45, 2.75) is 31.4 Å². The van der Waals surface area contributed by atoms with Gasteiger partial charge in [0.25, 0.3) is 30.4 Å². The van der Waals surface area contributed by atoms with Gasteiger partial charge in [0.2, 0.25) is 0 Å². The second-order valence-corrected chi connectivity index (χ2v) is 27.3. The number of rotatable bonds is 26. The highest BCUT2D eigenvalue weighted by Crippen LogP contribution is 2.51. The Kier molecular flexibility index (Phi) is 21.5. The number of nitrogens with zero attached hydrogens (tertiary/aromatic N) is 10. The maximum atomic E-state index is 13.0. The summed E-state index contributed by atoms with van der Waals surface area (Å²) in [6.45, 7) is 0.357. The molecular weight excluding hydrogens is 1490 g/mol. The fourth-order valence-corrected chi connectivity index (χ4v) is 12.9. The van der Waals surface area contributed by atoms with Gasteiger partial charge in [0, 0.05) is 39.4 Å². The van der Waals surface area contributed by atoms with Crippen LogP contribution in [-0.2, 0) is 53.9 Å². The zero-order valence-corrected chi connectivity index (χ0v) is 56.3. The number of hydrogen-bond acceptors (Lipinski definition) is 33. The maximum Gasteiger partial charge on any atom is 0.341 e. The minimum absolute atomic E-state index is 0.00219. The Hall–Kier alpha value is -12.1. The Balaban J connectivity index is 0.968. The van der Waals surface area contributed by atoms with Gasteiger partial charge in [-0.05, 0) is 138 Å². The Bertz CT molecular complexity index is 5970. The molecule has 536 valence electrons. The van der Waals surface area contributed by atoms with Crippen molar-refractivity contribution in [1.82, 2.24) is 0 Å². The van der Waals surface area contributed by atoms with Crippen LogP contribution in [0.4, 0.5) is 68.2 Å². The molecule has 0 spiro atoms. The first-order valence-electron chi connectivity index (χ1n) is 28.8. The summed E-state index contributed by atoms with van der Waals surface area (Å²) in [5, 5.41) is 146. The molecule has 0 amide bonds. The molecule has 37 nitrogen and oxygen atoms in total. The van der Waals surface area contributed by atoms with Gasteiger partial charge in [0.15, 0.2) is 23.9 Å². The highest BCUT2D eigenvalue weighted by atomic mass is 32.2. The molecule has 11 aromatic rings. The van der Waals surface area contributed by atoms with Crippen molar-refractivity contribution in [2.24, 2.45) is 51.1 Å². The number of carboxylic acids is 3. The summed E-state index contributed by atoms with van der Waals surface area (Å²) in [7, 11) is -15.3. The van der Waals surface area contributed by atoms with Crippen LogP contribution in [0.5, 0.6) is 28.7 Å². The number of fused-ring (bicyclic) bond motifs is 4. The van der Waals surface area contributed by atoms with Gasteiger partial charge in [-0.3, -0.25) is 13.7 Å². The Morgan fingerprint density at radius 2 is 1.02 bits per heavy atom. The minimum atomic E-state index is -5.28. The van der Waals surface area contributed by atoms with Crippen molar-refractivity contribution in [2.75, 3.05) is 11.9 Å². The second kappa shape index (κ2) is 30.4. The molecule has 0 heterocycles. The first-order chi connectivity index (χ1) is 49.9. The molecule has 11 aromatic carbocycles. The molecule has 0 aliphatic rings. The molecule has 105 heavy (non-hydrogen) atoms. The van der Waals surface area contributed by atoms with E-state index in [1.54, 1.807) is 30.3 Å². The Morgan fingerprint density at radius 1 is 0.467 bits per heavy atom. The summed E-state index contributed by atoms with van der Waals surface area (Å²) < 4.78 is 119. The van der Waals surface area contributed by atoms with Crippen molar-refractivity contribution in [3.05, 3.63) is 168 Å². The number of azo groups is 5. The van der Waals surface area contributed by atoms with Crippen LogP contribution in [0, 0.1) is 6.92 Å². The van der Waals surface area contributed by atoms with E-state index in [-0.39, 0.29) is 110 Å². The first-order valence-corrected chi connectivity index (χ1v) is 34.6. The zero-order valence-electron chi connectivity index (χ0n) is 52.2. The van der Waals surface area contributed by atoms with E-state index >= 15 is 0 Å². The highest BCUT2D eigenvalue weighted by molar-refractivity contribution is 7.95. The number of nitrogens with one attached hydrogen (secondary N) is 1. The van der Waals surface area contributed by atoms with Gasteiger partial charge in [-0.25, -0.2) is 24.9 Å². The zero-order chi connectivity index (χ0) is 75.4. The van der Waals surface area contributed by atoms with E-state index in [2.05, 4.69) is 70.9 Å². The number of carbonyl (C=O) groups is 3. The average Bonchev–Trinajstić information content (AvgIpc) is 0.764. The number of para-hydroxylation sites is 1. The first kappa shape index (κ1) is 74.1. The molecule has 0 aliphatic heterocycles. The third-order valence-corrected chi connectivity index (χ3v) is 18.7. The lowest BCUT2D eigenvalue weighted by atomic mass is 10.0. The number of hydrogen-bond donors (Lipinski definition) is 13. The van der Waals surface area contributed by atoms with Crippen LogP contribution >= 0.6 is 24.1 Å². The predicted octanol–water partition coefficient (Wildman–Crippen LogP) is 16.7. The van der Waals surface area contributed by atoms with E-state index in [0.717, 1.165) is 48.5 Å². The lowest BCUT2D eigenvalue weighted by Crippen LogP contribution is -2.09. The van der Waals surface area contributed by atoms with Gasteiger partial charge >= 0.3 is 17.9 Å². The number of aliphatic carboxylic acids is 1. The predicted molar refractivity (Wildman–Crippen MR) is 368 cm³/mol. The molecule has 0 fully saturated rings. The lowest BCUT2D eigenvalue weighted by molar-refractivity contribution is -0.432. The van der Waals surface area contributed by atoms with E-state index < -0.39 is 121 Å². The summed E-state index contributed by atoms with van der Waals surface area (Å²) in [5.41, 5.74) is -2.88. The molecule has 0 unspecified atom stereocenters. The number of ether oxygens (including phenoxy) is 1. The smallest absolute Gasteiger partial charge is 0.341 e. The topological polar surface area (TPSA) is 578 Å². The van der Waals surface area contributed by atoms with Gasteiger partial charge in [-0.15, -0.1) is 44.5 Å². The summed E-state index contributed by atoms with van der Waals surface area (Å²) in [5.74, 6) is -7.78. The number of aryl methyl sites for hydroxylation is 1. The molecule has 0 aromatic heterocycles. The van der Waals surface area contributed by atoms with Gasteiger partial charge in [-0.1, -0.05) is 40.4 Å². The van der Waals surface area contributed by atoms with Gasteiger partial charge in [0.1, 0.15) is 50.5 Å². The Morgan fingerprint density at radius 3 is 1.62 bits per heavy atom. The van der Waals surface area contributed by atoms with E-state index in [9.17, 15) is 94.3 Å². The van der Waals surface area contributed by atoms with Crippen molar-refractivity contribution in [3.63, 3.8) is 0 Å². The molecule has 0 atom stereocenters. The highest BCUT2D eigenvalue weighted by Gasteiger charge is 2.27. The van der Waals surface area contributed by atoms with Crippen LogP contribution in [0.15, 0.2) is 227 Å². The average molecular weight is 1530 g/mol. The van der Waals surface area contributed by atoms with Gasteiger partial charge in [0.05, 0.1) is 88.6 Å². The van der Waals surface area contributed by atoms with Gasteiger partial charge in [-0.2, -0.15) is 40.6 Å². The fraction of sp³-hybridized carbons (Fsp3) is 0.0317. The fourth-order valence-electron chi connectivity index (χ4n) is 10.1. The van der Waals surface area contributed by atoms with Crippen LogP contribution < -0.4 is 10.1 Å². The molecule has 42 heteroatoms. The normalized spacial score (nSPS) is 12.4. The van der Waals surface area contributed by atoms with Crippen LogP contribution in [0.2, 0.25) is 0 Å². The minimum Gasteiger partial charge on any atom is -0.507 e. The number of aromatic hydroxyl groups is 4. The van der Waals surface area contributed by atoms with Crippen LogP contribution in [0.25, 0.3) is 43.1 Å². The van der Waals surface area contributed by atoms with Crippen molar-refractivity contribution < 1.29 is 123 Å².